The average Bonchev–Trinajstić information content (AvgIpc) is 3.10. The summed E-state index contributed by atoms with van der Waals surface area (Å²) in [5, 5.41) is 3.67. The third-order valence-corrected chi connectivity index (χ3v) is 4.05. The number of aromatic nitrogens is 1. The predicted octanol–water partition coefficient (Wildman–Crippen LogP) is 1.73. The van der Waals surface area contributed by atoms with Gasteiger partial charge in [-0.3, -0.25) is 4.79 Å². The minimum absolute atomic E-state index is 0.0701. The summed E-state index contributed by atoms with van der Waals surface area (Å²) in [5.41, 5.74) is 2.50. The molecule has 7 nitrogen and oxygen atoms in total. The van der Waals surface area contributed by atoms with E-state index in [-0.39, 0.29) is 17.4 Å². The number of hydrogen-bond donors (Lipinski definition) is 0. The van der Waals surface area contributed by atoms with Crippen molar-refractivity contribution in [2.75, 3.05) is 38.2 Å². The van der Waals surface area contributed by atoms with E-state index >= 15 is 0 Å². The molecule has 0 spiro atoms. The lowest BCUT2D eigenvalue weighted by molar-refractivity contribution is 0.0553. The number of aryl methyl sites for hydroxylation is 1. The van der Waals surface area contributed by atoms with E-state index in [2.05, 4.69) is 39.9 Å². The molecule has 1 aliphatic rings. The fourth-order valence-electron chi connectivity index (χ4n) is 2.73. The van der Waals surface area contributed by atoms with Gasteiger partial charge >= 0.3 is 5.97 Å². The molecule has 0 saturated carbocycles. The average molecular weight is 329 g/mol. The molecule has 0 N–H and O–H groups in total. The van der Waals surface area contributed by atoms with Gasteiger partial charge < -0.3 is 19.1 Å². The Bertz CT molecular complexity index is 748. The zero-order valence-corrected chi connectivity index (χ0v) is 13.7. The van der Waals surface area contributed by atoms with E-state index in [1.807, 2.05) is 6.07 Å². The summed E-state index contributed by atoms with van der Waals surface area (Å²) in [4.78, 5) is 27.8. The molecule has 1 saturated heterocycles. The minimum Gasteiger partial charge on any atom is -0.463 e. The van der Waals surface area contributed by atoms with Gasteiger partial charge in [0.05, 0.1) is 7.11 Å². The van der Waals surface area contributed by atoms with E-state index < -0.39 is 5.97 Å². The van der Waals surface area contributed by atoms with Crippen LogP contribution in [0.5, 0.6) is 0 Å². The molecule has 1 amide bonds. The van der Waals surface area contributed by atoms with Gasteiger partial charge in [-0.1, -0.05) is 17.3 Å². The molecule has 1 aliphatic heterocycles. The number of piperazine rings is 1. The monoisotopic (exact) mass is 329 g/mol. The van der Waals surface area contributed by atoms with Crippen molar-refractivity contribution in [3.8, 4) is 0 Å². The summed E-state index contributed by atoms with van der Waals surface area (Å²) in [6, 6.07) is 9.63. The lowest BCUT2D eigenvalue weighted by Gasteiger charge is -2.35. The molecule has 0 aliphatic carbocycles. The highest BCUT2D eigenvalue weighted by Crippen LogP contribution is 2.18. The molecule has 24 heavy (non-hydrogen) atoms. The molecule has 3 rings (SSSR count). The first kappa shape index (κ1) is 16.0. The second kappa shape index (κ2) is 6.74. The molecule has 7 heteroatoms. The zero-order valence-electron chi connectivity index (χ0n) is 13.7. The Morgan fingerprint density at radius 2 is 1.92 bits per heavy atom. The first-order valence-electron chi connectivity index (χ1n) is 7.74. The van der Waals surface area contributed by atoms with Crippen molar-refractivity contribution in [1.29, 1.82) is 0 Å². The van der Waals surface area contributed by atoms with Crippen molar-refractivity contribution < 1.29 is 18.8 Å². The molecule has 1 aromatic heterocycles. The molecule has 2 aromatic rings. The summed E-state index contributed by atoms with van der Waals surface area (Å²) in [6.45, 7) is 4.74. The number of nitrogens with zero attached hydrogens (tertiary/aromatic N) is 3. The van der Waals surface area contributed by atoms with E-state index in [4.69, 9.17) is 4.52 Å². The third-order valence-electron chi connectivity index (χ3n) is 4.05. The number of methoxy groups -OCH3 is 1. The number of esters is 1. The summed E-state index contributed by atoms with van der Waals surface area (Å²) in [7, 11) is 1.25. The van der Waals surface area contributed by atoms with Gasteiger partial charge in [-0.25, -0.2) is 4.79 Å². The Morgan fingerprint density at radius 1 is 1.17 bits per heavy atom. The Morgan fingerprint density at radius 3 is 2.58 bits per heavy atom. The summed E-state index contributed by atoms with van der Waals surface area (Å²) >= 11 is 0. The Balaban J connectivity index is 1.63. The van der Waals surface area contributed by atoms with Gasteiger partial charge in [0.15, 0.2) is 5.69 Å². The highest BCUT2D eigenvalue weighted by Gasteiger charge is 2.26. The number of carbonyl (C=O) groups is 2. The quantitative estimate of drug-likeness (QED) is 0.798. The lowest BCUT2D eigenvalue weighted by atomic mass is 10.2. The Kier molecular flexibility index (Phi) is 4.50. The second-order valence-electron chi connectivity index (χ2n) is 5.69. The maximum atomic E-state index is 12.5. The normalized spacial score (nSPS) is 14.6. The van der Waals surface area contributed by atoms with E-state index in [1.54, 1.807) is 4.90 Å². The number of carbonyl (C=O) groups excluding carboxylic acids is 2. The number of rotatable bonds is 3. The zero-order chi connectivity index (χ0) is 17.1. The molecule has 2 heterocycles. The van der Waals surface area contributed by atoms with Crippen molar-refractivity contribution in [2.24, 2.45) is 0 Å². The van der Waals surface area contributed by atoms with Crippen LogP contribution in [0.3, 0.4) is 0 Å². The topological polar surface area (TPSA) is 75.9 Å². The van der Waals surface area contributed by atoms with Crippen LogP contribution < -0.4 is 4.90 Å². The number of anilines is 1. The van der Waals surface area contributed by atoms with Gasteiger partial charge in [0.1, 0.15) is 0 Å². The van der Waals surface area contributed by atoms with Crippen LogP contribution in [-0.2, 0) is 4.74 Å². The minimum atomic E-state index is -0.647. The van der Waals surface area contributed by atoms with Crippen LogP contribution >= 0.6 is 0 Å². The molecule has 0 radical (unpaired) electrons. The molecular weight excluding hydrogens is 310 g/mol. The van der Waals surface area contributed by atoms with Crippen LogP contribution in [0.4, 0.5) is 5.69 Å². The van der Waals surface area contributed by atoms with Crippen molar-refractivity contribution >= 4 is 17.6 Å². The highest BCUT2D eigenvalue weighted by molar-refractivity contribution is 5.95. The van der Waals surface area contributed by atoms with E-state index in [0.717, 1.165) is 18.8 Å². The molecule has 126 valence electrons. The van der Waals surface area contributed by atoms with Gasteiger partial charge in [-0.15, -0.1) is 0 Å². The summed E-state index contributed by atoms with van der Waals surface area (Å²) < 4.78 is 9.39. The Labute approximate surface area is 139 Å². The van der Waals surface area contributed by atoms with Crippen LogP contribution in [0.15, 0.2) is 34.9 Å². The number of benzene rings is 1. The van der Waals surface area contributed by atoms with E-state index in [0.29, 0.717) is 13.1 Å². The molecular formula is C17H19N3O4. The van der Waals surface area contributed by atoms with Gasteiger partial charge in [-0.05, 0) is 24.6 Å². The third kappa shape index (κ3) is 3.24. The van der Waals surface area contributed by atoms with Crippen LogP contribution in [0.25, 0.3) is 0 Å². The number of amides is 1. The van der Waals surface area contributed by atoms with Crippen molar-refractivity contribution in [1.82, 2.24) is 10.1 Å². The van der Waals surface area contributed by atoms with Crippen molar-refractivity contribution in [3.05, 3.63) is 47.3 Å². The van der Waals surface area contributed by atoms with E-state index in [1.165, 1.54) is 18.7 Å². The van der Waals surface area contributed by atoms with Crippen LogP contribution in [0, 0.1) is 6.92 Å². The van der Waals surface area contributed by atoms with Gasteiger partial charge in [-0.2, -0.15) is 0 Å². The number of hydrogen-bond acceptors (Lipinski definition) is 6. The molecule has 1 aromatic carbocycles. The van der Waals surface area contributed by atoms with Gasteiger partial charge in [0.25, 0.3) is 5.91 Å². The maximum Gasteiger partial charge on any atom is 0.376 e. The fourth-order valence-corrected chi connectivity index (χ4v) is 2.73. The SMILES string of the molecule is COC(=O)c1cc(C(=O)N2CCN(c3cccc(C)c3)CC2)no1. The smallest absolute Gasteiger partial charge is 0.376 e. The Hall–Kier alpha value is -2.83. The lowest BCUT2D eigenvalue weighted by Crippen LogP contribution is -2.48. The first-order chi connectivity index (χ1) is 11.6. The predicted molar refractivity (Wildman–Crippen MR) is 87.1 cm³/mol. The largest absolute Gasteiger partial charge is 0.463 e. The maximum absolute atomic E-state index is 12.5. The summed E-state index contributed by atoms with van der Waals surface area (Å²) in [6.07, 6.45) is 0. The molecule has 0 atom stereocenters. The van der Waals surface area contributed by atoms with Crippen LogP contribution in [0.2, 0.25) is 0 Å². The van der Waals surface area contributed by atoms with Crippen molar-refractivity contribution in [3.63, 3.8) is 0 Å². The van der Waals surface area contributed by atoms with Crippen molar-refractivity contribution in [2.45, 2.75) is 6.92 Å². The van der Waals surface area contributed by atoms with Crippen LogP contribution in [-0.4, -0.2) is 55.2 Å². The standard InChI is InChI=1S/C17H19N3O4/c1-12-4-3-5-13(10-12)19-6-8-20(9-7-19)16(21)14-11-15(24-18-14)17(22)23-2/h3-5,10-11H,6-9H2,1-2H3. The first-order valence-corrected chi connectivity index (χ1v) is 7.74. The molecule has 0 unspecified atom stereocenters. The number of ether oxygens (including phenoxy) is 1. The fraction of sp³-hybridized carbons (Fsp3) is 0.353. The van der Waals surface area contributed by atoms with Gasteiger partial charge in [0, 0.05) is 37.9 Å². The van der Waals surface area contributed by atoms with Crippen LogP contribution in [0.1, 0.15) is 26.6 Å². The molecule has 1 fully saturated rings. The van der Waals surface area contributed by atoms with Gasteiger partial charge in [0.2, 0.25) is 5.76 Å². The molecule has 0 bridgehead atoms. The highest BCUT2D eigenvalue weighted by atomic mass is 16.5. The van der Waals surface area contributed by atoms with E-state index in [9.17, 15) is 9.59 Å². The summed E-state index contributed by atoms with van der Waals surface area (Å²) in [5.74, 6) is -0.956. The second-order valence-corrected chi connectivity index (χ2v) is 5.69.